The second-order valence-electron chi connectivity index (χ2n) is 12.2. The number of hydrogen-bond acceptors (Lipinski definition) is 3. The number of aromatic nitrogens is 3. The molecule has 10 aromatic rings. The lowest BCUT2D eigenvalue weighted by Crippen LogP contribution is -1.93. The molecule has 224 valence electrons. The van der Waals surface area contributed by atoms with Gasteiger partial charge in [0, 0.05) is 33.0 Å². The highest BCUT2D eigenvalue weighted by molar-refractivity contribution is 6.22. The molecule has 0 aliphatic rings. The Labute approximate surface area is 276 Å². The van der Waals surface area contributed by atoms with Crippen LogP contribution in [0.1, 0.15) is 0 Å². The van der Waals surface area contributed by atoms with Crippen LogP contribution in [0.5, 0.6) is 0 Å². The smallest absolute Gasteiger partial charge is 0.180 e. The van der Waals surface area contributed by atoms with Crippen LogP contribution in [-0.4, -0.2) is 14.5 Å². The normalized spacial score (nSPS) is 11.8. The number of nitrogens with zero attached hydrogens (tertiary/aromatic N) is 3. The molecule has 0 saturated heterocycles. The Kier molecular flexibility index (Phi) is 5.84. The van der Waals surface area contributed by atoms with Crippen LogP contribution in [0.25, 0.3) is 94.1 Å². The number of benzene rings is 7. The van der Waals surface area contributed by atoms with Crippen molar-refractivity contribution in [3.8, 4) is 39.5 Å². The Morgan fingerprint density at radius 3 is 1.90 bits per heavy atom. The van der Waals surface area contributed by atoms with Crippen LogP contribution in [-0.2, 0) is 0 Å². The molecule has 0 unspecified atom stereocenters. The number of rotatable bonds is 4. The Balaban J connectivity index is 1.22. The van der Waals surface area contributed by atoms with Gasteiger partial charge in [-0.3, -0.25) is 0 Å². The predicted molar refractivity (Wildman–Crippen MR) is 197 cm³/mol. The van der Waals surface area contributed by atoms with Crippen LogP contribution >= 0.6 is 0 Å². The zero-order valence-electron chi connectivity index (χ0n) is 25.8. The van der Waals surface area contributed by atoms with E-state index in [4.69, 9.17) is 14.4 Å². The molecule has 4 nitrogen and oxygen atoms in total. The fourth-order valence-corrected chi connectivity index (χ4v) is 7.16. The van der Waals surface area contributed by atoms with Crippen LogP contribution in [0.15, 0.2) is 168 Å². The Morgan fingerprint density at radius 1 is 0.458 bits per heavy atom. The highest BCUT2D eigenvalue weighted by Gasteiger charge is 2.20. The van der Waals surface area contributed by atoms with Crippen LogP contribution in [0.2, 0.25) is 0 Å². The number of furan rings is 1. The van der Waals surface area contributed by atoms with Crippen molar-refractivity contribution in [2.24, 2.45) is 0 Å². The first kappa shape index (κ1) is 26.7. The lowest BCUT2D eigenvalue weighted by molar-refractivity contribution is 0.667. The quantitative estimate of drug-likeness (QED) is 0.198. The van der Waals surface area contributed by atoms with Gasteiger partial charge in [0.1, 0.15) is 16.8 Å². The lowest BCUT2D eigenvalue weighted by Gasteiger charge is -2.08. The van der Waals surface area contributed by atoms with Crippen LogP contribution in [0.3, 0.4) is 0 Å². The summed E-state index contributed by atoms with van der Waals surface area (Å²) in [5.74, 6) is 0.678. The molecule has 0 bridgehead atoms. The average Bonchev–Trinajstić information content (AvgIpc) is 3.70. The van der Waals surface area contributed by atoms with Crippen LogP contribution in [0, 0.1) is 0 Å². The molecule has 48 heavy (non-hydrogen) atoms. The minimum Gasteiger partial charge on any atom is -0.452 e. The third kappa shape index (κ3) is 4.10. The van der Waals surface area contributed by atoms with E-state index in [-0.39, 0.29) is 0 Å². The molecule has 0 aliphatic heterocycles. The third-order valence-electron chi connectivity index (χ3n) is 9.39. The second-order valence-corrected chi connectivity index (χ2v) is 12.2. The van der Waals surface area contributed by atoms with Crippen molar-refractivity contribution in [2.75, 3.05) is 0 Å². The van der Waals surface area contributed by atoms with Gasteiger partial charge >= 0.3 is 0 Å². The maximum atomic E-state index is 6.52. The van der Waals surface area contributed by atoms with Gasteiger partial charge in [-0.15, -0.1) is 0 Å². The highest BCUT2D eigenvalue weighted by atomic mass is 16.3. The maximum absolute atomic E-state index is 6.52. The maximum Gasteiger partial charge on any atom is 0.180 e. The Morgan fingerprint density at radius 2 is 1.10 bits per heavy atom. The number of para-hydroxylation sites is 1. The Hall–Kier alpha value is -6.52. The Bertz CT molecular complexity index is 2820. The molecule has 3 aromatic heterocycles. The van der Waals surface area contributed by atoms with Gasteiger partial charge in [0.2, 0.25) is 0 Å². The summed E-state index contributed by atoms with van der Waals surface area (Å²) in [6.07, 6.45) is 0. The average molecular weight is 614 g/mol. The van der Waals surface area contributed by atoms with Crippen molar-refractivity contribution < 1.29 is 4.42 Å². The summed E-state index contributed by atoms with van der Waals surface area (Å²) < 4.78 is 8.90. The van der Waals surface area contributed by atoms with Crippen LogP contribution < -0.4 is 0 Å². The zero-order valence-corrected chi connectivity index (χ0v) is 25.8. The van der Waals surface area contributed by atoms with Crippen molar-refractivity contribution in [2.45, 2.75) is 0 Å². The summed E-state index contributed by atoms with van der Waals surface area (Å²) in [5, 5.41) is 5.94. The fraction of sp³-hybridized carbons (Fsp3) is 0. The summed E-state index contributed by atoms with van der Waals surface area (Å²) in [5.41, 5.74) is 10.8. The van der Waals surface area contributed by atoms with E-state index in [1.54, 1.807) is 0 Å². The molecule has 0 saturated carbocycles. The van der Waals surface area contributed by atoms with Gasteiger partial charge in [-0.25, -0.2) is 9.97 Å². The lowest BCUT2D eigenvalue weighted by atomic mass is 9.99. The van der Waals surface area contributed by atoms with Gasteiger partial charge in [-0.2, -0.15) is 0 Å². The van der Waals surface area contributed by atoms with Crippen molar-refractivity contribution >= 4 is 54.6 Å². The van der Waals surface area contributed by atoms with E-state index in [0.717, 1.165) is 50.1 Å². The molecule has 0 N–H and O–H groups in total. The fourth-order valence-electron chi connectivity index (χ4n) is 7.16. The van der Waals surface area contributed by atoms with E-state index >= 15 is 0 Å². The highest BCUT2D eigenvalue weighted by Crippen LogP contribution is 2.41. The third-order valence-corrected chi connectivity index (χ3v) is 9.39. The topological polar surface area (TPSA) is 43.9 Å². The van der Waals surface area contributed by atoms with Gasteiger partial charge in [0.25, 0.3) is 0 Å². The van der Waals surface area contributed by atoms with Crippen molar-refractivity contribution in [1.29, 1.82) is 0 Å². The van der Waals surface area contributed by atoms with Crippen LogP contribution in [0.4, 0.5) is 0 Å². The van der Waals surface area contributed by atoms with E-state index in [1.807, 2.05) is 36.4 Å². The first-order valence-electron chi connectivity index (χ1n) is 16.2. The summed E-state index contributed by atoms with van der Waals surface area (Å²) >= 11 is 0. The summed E-state index contributed by atoms with van der Waals surface area (Å²) in [7, 11) is 0. The molecule has 0 amide bonds. The minimum absolute atomic E-state index is 0.678. The monoisotopic (exact) mass is 613 g/mol. The van der Waals surface area contributed by atoms with Crippen molar-refractivity contribution in [3.05, 3.63) is 164 Å². The molecular weight excluding hydrogens is 587 g/mol. The predicted octanol–water partition coefficient (Wildman–Crippen LogP) is 11.6. The number of fused-ring (bicyclic) bond motifs is 8. The van der Waals surface area contributed by atoms with Gasteiger partial charge in [-0.05, 0) is 64.4 Å². The van der Waals surface area contributed by atoms with E-state index < -0.39 is 0 Å². The van der Waals surface area contributed by atoms with E-state index in [0.29, 0.717) is 11.4 Å². The SMILES string of the molecule is c1ccc(-c2nc(-c3ccccc3)c3oc4ccc(-c5ccc6c(c5)c5c7ccccc7ccc5n6-c5ccccc5)cc4c3n2)cc1. The molecule has 0 radical (unpaired) electrons. The second kappa shape index (κ2) is 10.5. The molecule has 3 heterocycles. The summed E-state index contributed by atoms with van der Waals surface area (Å²) in [6, 6.07) is 57.4. The summed E-state index contributed by atoms with van der Waals surface area (Å²) in [6.45, 7) is 0. The van der Waals surface area contributed by atoms with Gasteiger partial charge < -0.3 is 8.98 Å². The van der Waals surface area contributed by atoms with E-state index in [1.165, 1.54) is 32.6 Å². The van der Waals surface area contributed by atoms with Crippen molar-refractivity contribution in [3.63, 3.8) is 0 Å². The standard InChI is InChI=1S/C44H27N3O/c1-4-13-29(14-5-1)41-43-42(46-44(45-41)30-15-6-2-7-16-30)36-27-32(22-25-39(36)48-43)31-21-23-37-35(26-31)40-34-19-11-10-12-28(34)20-24-38(40)47(37)33-17-8-3-9-18-33/h1-27H. The van der Waals surface area contributed by atoms with Gasteiger partial charge in [0.05, 0.1) is 11.0 Å². The summed E-state index contributed by atoms with van der Waals surface area (Å²) in [4.78, 5) is 10.1. The first-order valence-corrected chi connectivity index (χ1v) is 16.2. The van der Waals surface area contributed by atoms with Crippen molar-refractivity contribution in [1.82, 2.24) is 14.5 Å². The molecule has 7 aromatic carbocycles. The minimum atomic E-state index is 0.678. The van der Waals surface area contributed by atoms with E-state index in [9.17, 15) is 0 Å². The molecule has 0 aliphatic carbocycles. The first-order chi connectivity index (χ1) is 23.8. The van der Waals surface area contributed by atoms with Gasteiger partial charge in [-0.1, -0.05) is 121 Å². The molecule has 0 spiro atoms. The molecule has 10 rings (SSSR count). The largest absolute Gasteiger partial charge is 0.452 e. The number of hydrogen-bond donors (Lipinski definition) is 0. The zero-order chi connectivity index (χ0) is 31.6. The van der Waals surface area contributed by atoms with Gasteiger partial charge in [0.15, 0.2) is 11.4 Å². The molecular formula is C44H27N3O. The molecule has 0 atom stereocenters. The van der Waals surface area contributed by atoms with E-state index in [2.05, 4.69) is 132 Å². The molecule has 0 fully saturated rings. The molecule has 4 heteroatoms.